The van der Waals surface area contributed by atoms with Gasteiger partial charge in [0.1, 0.15) is 11.2 Å². The van der Waals surface area contributed by atoms with Gasteiger partial charge in [0, 0.05) is 25.2 Å². The lowest BCUT2D eigenvalue weighted by Gasteiger charge is -2.50. The van der Waals surface area contributed by atoms with E-state index in [1.54, 1.807) is 20.8 Å². The third-order valence-electron chi connectivity index (χ3n) is 8.46. The lowest BCUT2D eigenvalue weighted by molar-refractivity contribution is -0.458. The molecular formula is C32H57F10NO5. The molecular weight excluding hydrogens is 668 g/mol. The molecule has 0 heterocycles. The van der Waals surface area contributed by atoms with Crippen LogP contribution in [0.15, 0.2) is 0 Å². The molecule has 290 valence electrons. The summed E-state index contributed by atoms with van der Waals surface area (Å²) in [5, 5.41) is 0. The lowest BCUT2D eigenvalue weighted by atomic mass is 9.75. The highest BCUT2D eigenvalue weighted by Gasteiger charge is 2.73. The molecule has 0 aliphatic rings. The van der Waals surface area contributed by atoms with Gasteiger partial charge in [-0.3, -0.25) is 0 Å². The Hall–Kier alpha value is -0.940. The van der Waals surface area contributed by atoms with Crippen molar-refractivity contribution in [3.05, 3.63) is 0 Å². The summed E-state index contributed by atoms with van der Waals surface area (Å²) in [5.41, 5.74) is -10.6. The minimum Gasteiger partial charge on any atom is -0.376 e. The molecule has 0 aliphatic heterocycles. The summed E-state index contributed by atoms with van der Waals surface area (Å²) in [4.78, 5) is 0. The van der Waals surface area contributed by atoms with Gasteiger partial charge in [-0.05, 0) is 110 Å². The molecule has 0 spiro atoms. The molecule has 0 aliphatic carbocycles. The predicted octanol–water partition coefficient (Wildman–Crippen LogP) is 9.97. The van der Waals surface area contributed by atoms with Gasteiger partial charge in [-0.15, -0.1) is 0 Å². The standard InChI is InChI=1S/C32H57F10NO5/c1-16-44-22(4,5)19-28(33,34)26(12,13)48-31(39,40)24(8,9)25(10,11)47-32(41,42)30(37,38)27(14,15)46-29(35,36)20-23(6,7)45-18-17-21(2,3)43/h16-20,43H2,1-15H3. The van der Waals surface area contributed by atoms with E-state index in [0.717, 1.165) is 0 Å². The Morgan fingerprint density at radius 1 is 0.500 bits per heavy atom. The highest BCUT2D eigenvalue weighted by molar-refractivity contribution is 5.02. The Morgan fingerprint density at radius 3 is 1.33 bits per heavy atom. The van der Waals surface area contributed by atoms with Gasteiger partial charge in [-0.2, -0.15) is 35.1 Å². The molecule has 2 N–H and O–H groups in total. The second-order valence-corrected chi connectivity index (χ2v) is 16.3. The van der Waals surface area contributed by atoms with Gasteiger partial charge in [0.15, 0.2) is 0 Å². The summed E-state index contributed by atoms with van der Waals surface area (Å²) in [6, 6.07) is 0. The van der Waals surface area contributed by atoms with Crippen molar-refractivity contribution in [2.75, 3.05) is 13.2 Å². The zero-order valence-electron chi connectivity index (χ0n) is 30.9. The van der Waals surface area contributed by atoms with Gasteiger partial charge < -0.3 is 29.4 Å². The minimum atomic E-state index is -5.72. The van der Waals surface area contributed by atoms with Crippen molar-refractivity contribution in [1.82, 2.24) is 0 Å². The van der Waals surface area contributed by atoms with E-state index in [0.29, 0.717) is 41.5 Å². The molecule has 0 unspecified atom stereocenters. The number of hydrogen-bond acceptors (Lipinski definition) is 6. The number of ether oxygens (including phenoxy) is 5. The molecule has 0 fully saturated rings. The van der Waals surface area contributed by atoms with Crippen molar-refractivity contribution >= 4 is 0 Å². The molecule has 16 heteroatoms. The molecule has 0 bridgehead atoms. The van der Waals surface area contributed by atoms with Crippen LogP contribution in [0.25, 0.3) is 0 Å². The van der Waals surface area contributed by atoms with Crippen LogP contribution in [0, 0.1) is 5.41 Å². The van der Waals surface area contributed by atoms with E-state index in [1.807, 2.05) is 0 Å². The Balaban J connectivity index is 6.20. The maximum absolute atomic E-state index is 15.7. The van der Waals surface area contributed by atoms with Crippen LogP contribution in [0.3, 0.4) is 0 Å². The van der Waals surface area contributed by atoms with E-state index >= 15 is 35.1 Å². The molecule has 0 atom stereocenters. The molecule has 0 aromatic rings. The highest BCUT2D eigenvalue weighted by Crippen LogP contribution is 2.56. The van der Waals surface area contributed by atoms with Crippen molar-refractivity contribution in [3.63, 3.8) is 0 Å². The first-order chi connectivity index (χ1) is 20.6. The average molecular weight is 726 g/mol. The van der Waals surface area contributed by atoms with Crippen molar-refractivity contribution in [2.45, 2.75) is 187 Å². The van der Waals surface area contributed by atoms with E-state index in [2.05, 4.69) is 14.2 Å². The Kier molecular flexibility index (Phi) is 14.0. The van der Waals surface area contributed by atoms with E-state index in [1.165, 1.54) is 27.7 Å². The van der Waals surface area contributed by atoms with Crippen LogP contribution in [-0.2, 0) is 23.7 Å². The molecule has 0 aromatic heterocycles. The first kappa shape index (κ1) is 47.1. The lowest BCUT2D eigenvalue weighted by Crippen LogP contribution is -2.65. The fourth-order valence-corrected chi connectivity index (χ4v) is 4.54. The van der Waals surface area contributed by atoms with Gasteiger partial charge in [-0.25, -0.2) is 8.78 Å². The van der Waals surface area contributed by atoms with Gasteiger partial charge in [0.2, 0.25) is 0 Å². The number of halogens is 10. The average Bonchev–Trinajstić information content (AvgIpc) is 2.73. The number of rotatable bonds is 21. The highest BCUT2D eigenvalue weighted by atomic mass is 19.3. The minimum absolute atomic E-state index is 0.0394. The molecule has 0 saturated carbocycles. The van der Waals surface area contributed by atoms with Crippen molar-refractivity contribution in [2.24, 2.45) is 11.1 Å². The number of alkyl halides is 10. The van der Waals surface area contributed by atoms with Gasteiger partial charge >= 0.3 is 24.2 Å². The van der Waals surface area contributed by atoms with Crippen LogP contribution in [0.5, 0.6) is 0 Å². The number of hydrogen-bond donors (Lipinski definition) is 1. The largest absolute Gasteiger partial charge is 0.422 e. The first-order valence-corrected chi connectivity index (χ1v) is 15.6. The summed E-state index contributed by atoms with van der Waals surface area (Å²) in [7, 11) is 0. The third-order valence-corrected chi connectivity index (χ3v) is 8.46. The fraction of sp³-hybridized carbons (Fsp3) is 1.00. The van der Waals surface area contributed by atoms with E-state index in [-0.39, 0.29) is 33.5 Å². The number of nitrogens with two attached hydrogens (primary N) is 1. The summed E-state index contributed by atoms with van der Waals surface area (Å²) in [6.45, 7) is 14.0. The zero-order valence-corrected chi connectivity index (χ0v) is 30.9. The quantitative estimate of drug-likeness (QED) is 0.119. The van der Waals surface area contributed by atoms with Crippen molar-refractivity contribution in [3.8, 4) is 0 Å². The normalized spacial score (nSPS) is 16.1. The molecule has 0 saturated heterocycles. The van der Waals surface area contributed by atoms with E-state index < -0.39 is 82.0 Å². The van der Waals surface area contributed by atoms with E-state index in [4.69, 9.17) is 15.2 Å². The molecule has 0 radical (unpaired) electrons. The molecule has 6 nitrogen and oxygen atoms in total. The van der Waals surface area contributed by atoms with Crippen LogP contribution < -0.4 is 5.73 Å². The molecule has 48 heavy (non-hydrogen) atoms. The third kappa shape index (κ3) is 11.8. The van der Waals surface area contributed by atoms with Crippen LogP contribution in [0.2, 0.25) is 0 Å². The van der Waals surface area contributed by atoms with Crippen molar-refractivity contribution in [1.29, 1.82) is 0 Å². The smallest absolute Gasteiger partial charge is 0.376 e. The SMILES string of the molecule is CCOC(C)(C)CC(F)(F)C(C)(C)OC(F)(F)C(C)(C)C(C)(C)OC(F)(F)C(F)(F)C(C)(C)OC(F)(F)CC(C)(C)OCCC(C)(C)N. The molecule has 0 aromatic carbocycles. The van der Waals surface area contributed by atoms with Crippen LogP contribution in [0.1, 0.15) is 123 Å². The Morgan fingerprint density at radius 2 is 0.917 bits per heavy atom. The summed E-state index contributed by atoms with van der Waals surface area (Å²) >= 11 is 0. The van der Waals surface area contributed by atoms with Crippen LogP contribution >= 0.6 is 0 Å². The van der Waals surface area contributed by atoms with Gasteiger partial charge in [0.25, 0.3) is 5.92 Å². The van der Waals surface area contributed by atoms with Crippen LogP contribution in [0.4, 0.5) is 43.9 Å². The first-order valence-electron chi connectivity index (χ1n) is 15.6. The monoisotopic (exact) mass is 725 g/mol. The maximum Gasteiger partial charge on any atom is 0.422 e. The van der Waals surface area contributed by atoms with E-state index in [9.17, 15) is 8.78 Å². The molecule has 0 rings (SSSR count). The second-order valence-electron chi connectivity index (χ2n) is 16.3. The predicted molar refractivity (Wildman–Crippen MR) is 162 cm³/mol. The summed E-state index contributed by atoms with van der Waals surface area (Å²) < 4.78 is 177. The van der Waals surface area contributed by atoms with Gasteiger partial charge in [0.05, 0.1) is 28.6 Å². The van der Waals surface area contributed by atoms with Gasteiger partial charge in [-0.1, -0.05) is 0 Å². The zero-order chi connectivity index (χ0) is 39.1. The molecule has 0 amide bonds. The maximum atomic E-state index is 15.7. The fourth-order valence-electron chi connectivity index (χ4n) is 4.54. The topological polar surface area (TPSA) is 72.2 Å². The Labute approximate surface area is 279 Å². The second kappa shape index (κ2) is 14.2. The van der Waals surface area contributed by atoms with Crippen molar-refractivity contribution < 1.29 is 67.6 Å². The van der Waals surface area contributed by atoms with Crippen LogP contribution in [-0.4, -0.2) is 76.9 Å². The summed E-state index contributed by atoms with van der Waals surface area (Å²) in [5.74, 6) is -9.54. The Bertz CT molecular complexity index is 1050. The summed E-state index contributed by atoms with van der Waals surface area (Å²) in [6.07, 6.45) is -17.0.